The first-order valence-corrected chi connectivity index (χ1v) is 26.0. The molecule has 0 aliphatic heterocycles. The van der Waals surface area contributed by atoms with E-state index in [2.05, 4.69) is 57.2 Å². The molecule has 0 aromatic carbocycles. The highest BCUT2D eigenvalue weighted by atomic mass is 16.6. The summed E-state index contributed by atoms with van der Waals surface area (Å²) >= 11 is 0. The SMILES string of the molecule is CCCCC/C=C\C/C=C\CCCCCCCC(=O)OC(COC(=O)CCCCCCCC)COC(=O)CCCCCCCCCCC/C=C\CCCCCCCCCC. The fourth-order valence-corrected chi connectivity index (χ4v) is 7.41. The third-order valence-electron chi connectivity index (χ3n) is 11.4. The summed E-state index contributed by atoms with van der Waals surface area (Å²) in [5, 5.41) is 0. The fraction of sp³-hybridized carbons (Fsp3) is 0.833. The van der Waals surface area contributed by atoms with Crippen LogP contribution in [0.5, 0.6) is 0 Å². The lowest BCUT2D eigenvalue weighted by atomic mass is 10.1. The zero-order valence-corrected chi connectivity index (χ0v) is 40.0. The maximum Gasteiger partial charge on any atom is 0.306 e. The van der Waals surface area contributed by atoms with E-state index in [0.717, 1.165) is 83.5 Å². The van der Waals surface area contributed by atoms with Crippen molar-refractivity contribution >= 4 is 17.9 Å². The summed E-state index contributed by atoms with van der Waals surface area (Å²) in [4.78, 5) is 37.7. The molecular formula is C54H98O6. The summed E-state index contributed by atoms with van der Waals surface area (Å²) in [6.45, 7) is 6.55. The number of carbonyl (C=O) groups is 3. The van der Waals surface area contributed by atoms with Crippen LogP contribution in [0.2, 0.25) is 0 Å². The molecule has 0 N–H and O–H groups in total. The summed E-state index contributed by atoms with van der Waals surface area (Å²) in [5.41, 5.74) is 0. The minimum atomic E-state index is -0.774. The van der Waals surface area contributed by atoms with Gasteiger partial charge >= 0.3 is 17.9 Å². The van der Waals surface area contributed by atoms with E-state index in [0.29, 0.717) is 19.3 Å². The zero-order chi connectivity index (χ0) is 43.7. The molecule has 0 aliphatic rings. The van der Waals surface area contributed by atoms with Crippen molar-refractivity contribution in [1.82, 2.24) is 0 Å². The standard InChI is InChI=1S/C54H98O6/c1-4-7-10-13-16-18-20-22-24-25-26-27-28-29-31-32-34-36-38-41-44-47-53(56)59-50-51(49-58-52(55)46-43-40-15-12-9-6-3)60-54(57)48-45-42-39-37-35-33-30-23-21-19-17-14-11-8-5-2/h17,19,23,25-26,30,51H,4-16,18,20-22,24,27-29,31-50H2,1-3H3/b19-17-,26-25-,30-23-. The second-order valence-corrected chi connectivity index (χ2v) is 17.4. The van der Waals surface area contributed by atoms with Crippen LogP contribution in [0, 0.1) is 0 Å². The van der Waals surface area contributed by atoms with Crippen molar-refractivity contribution in [3.8, 4) is 0 Å². The van der Waals surface area contributed by atoms with Crippen LogP contribution in [-0.2, 0) is 28.6 Å². The van der Waals surface area contributed by atoms with Crippen molar-refractivity contribution in [3.05, 3.63) is 36.5 Å². The van der Waals surface area contributed by atoms with E-state index in [1.807, 2.05) is 0 Å². The number of allylic oxidation sites excluding steroid dienone is 6. The Hall–Kier alpha value is -2.37. The van der Waals surface area contributed by atoms with Crippen LogP contribution in [-0.4, -0.2) is 37.2 Å². The largest absolute Gasteiger partial charge is 0.462 e. The van der Waals surface area contributed by atoms with Gasteiger partial charge in [-0.1, -0.05) is 211 Å². The topological polar surface area (TPSA) is 78.9 Å². The molecule has 0 aromatic heterocycles. The van der Waals surface area contributed by atoms with Gasteiger partial charge in [0.1, 0.15) is 13.2 Å². The maximum atomic E-state index is 12.7. The van der Waals surface area contributed by atoms with Gasteiger partial charge in [-0.2, -0.15) is 0 Å². The highest BCUT2D eigenvalue weighted by molar-refractivity contribution is 5.71. The summed E-state index contributed by atoms with van der Waals surface area (Å²) in [6.07, 6.45) is 57.3. The lowest BCUT2D eigenvalue weighted by molar-refractivity contribution is -0.167. The first kappa shape index (κ1) is 57.6. The van der Waals surface area contributed by atoms with E-state index in [1.165, 1.54) is 148 Å². The van der Waals surface area contributed by atoms with Crippen molar-refractivity contribution < 1.29 is 28.6 Å². The van der Waals surface area contributed by atoms with Gasteiger partial charge in [-0.3, -0.25) is 14.4 Å². The van der Waals surface area contributed by atoms with Crippen LogP contribution < -0.4 is 0 Å². The Morgan fingerprint density at radius 3 is 0.967 bits per heavy atom. The number of esters is 3. The fourth-order valence-electron chi connectivity index (χ4n) is 7.41. The highest BCUT2D eigenvalue weighted by Gasteiger charge is 2.19. The van der Waals surface area contributed by atoms with Crippen molar-refractivity contribution in [2.45, 2.75) is 277 Å². The average Bonchev–Trinajstić information content (AvgIpc) is 3.24. The number of carbonyl (C=O) groups excluding carboxylic acids is 3. The third kappa shape index (κ3) is 46.7. The maximum absolute atomic E-state index is 12.7. The molecule has 0 saturated heterocycles. The van der Waals surface area contributed by atoms with Crippen molar-refractivity contribution in [2.75, 3.05) is 13.2 Å². The van der Waals surface area contributed by atoms with Gasteiger partial charge in [0.2, 0.25) is 0 Å². The molecule has 0 heterocycles. The summed E-state index contributed by atoms with van der Waals surface area (Å²) < 4.78 is 16.7. The van der Waals surface area contributed by atoms with E-state index in [-0.39, 0.29) is 31.1 Å². The lowest BCUT2D eigenvalue weighted by Crippen LogP contribution is -2.30. The van der Waals surface area contributed by atoms with Crippen LogP contribution >= 0.6 is 0 Å². The van der Waals surface area contributed by atoms with E-state index < -0.39 is 6.10 Å². The van der Waals surface area contributed by atoms with Gasteiger partial charge in [0.05, 0.1) is 0 Å². The Balaban J connectivity index is 4.18. The quantitative estimate of drug-likeness (QED) is 0.0263. The summed E-state index contributed by atoms with van der Waals surface area (Å²) in [5.74, 6) is -0.895. The molecule has 6 nitrogen and oxygen atoms in total. The molecule has 0 amide bonds. The number of rotatable bonds is 47. The average molecular weight is 843 g/mol. The third-order valence-corrected chi connectivity index (χ3v) is 11.4. The molecule has 0 aromatic rings. The Labute approximate surface area is 372 Å². The van der Waals surface area contributed by atoms with Gasteiger partial charge in [0, 0.05) is 19.3 Å². The smallest absolute Gasteiger partial charge is 0.306 e. The molecule has 0 aliphatic carbocycles. The lowest BCUT2D eigenvalue weighted by Gasteiger charge is -2.18. The van der Waals surface area contributed by atoms with Gasteiger partial charge in [-0.05, 0) is 77.0 Å². The first-order valence-electron chi connectivity index (χ1n) is 26.0. The van der Waals surface area contributed by atoms with Gasteiger partial charge in [-0.25, -0.2) is 0 Å². The predicted molar refractivity (Wildman–Crippen MR) is 256 cm³/mol. The van der Waals surface area contributed by atoms with Crippen molar-refractivity contribution in [1.29, 1.82) is 0 Å². The number of hydrogen-bond acceptors (Lipinski definition) is 6. The molecule has 0 saturated carbocycles. The molecule has 6 heteroatoms. The molecule has 0 bridgehead atoms. The van der Waals surface area contributed by atoms with Gasteiger partial charge in [0.15, 0.2) is 6.10 Å². The van der Waals surface area contributed by atoms with Crippen LogP contribution in [0.25, 0.3) is 0 Å². The number of unbranched alkanes of at least 4 members (excludes halogenated alkanes) is 30. The molecule has 0 spiro atoms. The van der Waals surface area contributed by atoms with E-state index in [1.54, 1.807) is 0 Å². The molecule has 1 atom stereocenters. The second-order valence-electron chi connectivity index (χ2n) is 17.4. The van der Waals surface area contributed by atoms with Gasteiger partial charge in [0.25, 0.3) is 0 Å². The summed E-state index contributed by atoms with van der Waals surface area (Å²) in [7, 11) is 0. The van der Waals surface area contributed by atoms with Crippen molar-refractivity contribution in [3.63, 3.8) is 0 Å². The number of hydrogen-bond donors (Lipinski definition) is 0. The van der Waals surface area contributed by atoms with E-state index in [9.17, 15) is 14.4 Å². The second kappa shape index (κ2) is 49.3. The Kier molecular flexibility index (Phi) is 47.3. The predicted octanol–water partition coefficient (Wildman–Crippen LogP) is 16.9. The molecule has 0 rings (SSSR count). The number of ether oxygens (including phenoxy) is 3. The van der Waals surface area contributed by atoms with Crippen LogP contribution in [0.15, 0.2) is 36.5 Å². The first-order chi connectivity index (χ1) is 29.5. The van der Waals surface area contributed by atoms with E-state index in [4.69, 9.17) is 14.2 Å². The van der Waals surface area contributed by atoms with Gasteiger partial charge in [-0.15, -0.1) is 0 Å². The van der Waals surface area contributed by atoms with Crippen LogP contribution in [0.1, 0.15) is 271 Å². The van der Waals surface area contributed by atoms with Crippen LogP contribution in [0.4, 0.5) is 0 Å². The molecule has 350 valence electrons. The van der Waals surface area contributed by atoms with Crippen LogP contribution in [0.3, 0.4) is 0 Å². The minimum absolute atomic E-state index is 0.0773. The Bertz CT molecular complexity index is 1020. The van der Waals surface area contributed by atoms with Crippen molar-refractivity contribution in [2.24, 2.45) is 0 Å². The molecule has 60 heavy (non-hydrogen) atoms. The highest BCUT2D eigenvalue weighted by Crippen LogP contribution is 2.15. The summed E-state index contributed by atoms with van der Waals surface area (Å²) in [6, 6.07) is 0. The van der Waals surface area contributed by atoms with Gasteiger partial charge < -0.3 is 14.2 Å². The normalized spacial score (nSPS) is 12.2. The molecule has 0 radical (unpaired) electrons. The minimum Gasteiger partial charge on any atom is -0.462 e. The van der Waals surface area contributed by atoms with E-state index >= 15 is 0 Å². The Morgan fingerprint density at radius 1 is 0.333 bits per heavy atom. The molecule has 1 unspecified atom stereocenters. The molecular weight excluding hydrogens is 745 g/mol. The molecule has 0 fully saturated rings. The zero-order valence-electron chi connectivity index (χ0n) is 40.0. The monoisotopic (exact) mass is 843 g/mol. The Morgan fingerprint density at radius 2 is 0.600 bits per heavy atom.